The molecular formula is C23H41N3OSi. The Morgan fingerprint density at radius 3 is 2.32 bits per heavy atom. The molecule has 3 N–H and O–H groups in total. The second-order valence-electron chi connectivity index (χ2n) is 10.4. The van der Waals surface area contributed by atoms with Crippen LogP contribution in [-0.2, 0) is 4.43 Å². The molecule has 1 saturated heterocycles. The van der Waals surface area contributed by atoms with E-state index in [1.165, 1.54) is 37.1 Å². The van der Waals surface area contributed by atoms with E-state index < -0.39 is 8.32 Å². The third-order valence-electron chi connectivity index (χ3n) is 7.13. The minimum Gasteiger partial charge on any atom is -0.412 e. The van der Waals surface area contributed by atoms with Gasteiger partial charge < -0.3 is 20.4 Å². The number of nitrogens with one attached hydrogen (secondary N) is 1. The average molecular weight is 404 g/mol. The van der Waals surface area contributed by atoms with Crippen molar-refractivity contribution in [3.05, 3.63) is 24.3 Å². The summed E-state index contributed by atoms with van der Waals surface area (Å²) in [7, 11) is -1.69. The van der Waals surface area contributed by atoms with Crippen LogP contribution in [-0.4, -0.2) is 40.1 Å². The molecule has 0 bridgehead atoms. The van der Waals surface area contributed by atoms with Crippen LogP contribution in [0.1, 0.15) is 52.9 Å². The Kier molecular flexibility index (Phi) is 6.78. The van der Waals surface area contributed by atoms with E-state index in [1.54, 1.807) is 0 Å². The van der Waals surface area contributed by atoms with Gasteiger partial charge in [-0.25, -0.2) is 0 Å². The maximum atomic E-state index is 6.63. The van der Waals surface area contributed by atoms with Gasteiger partial charge >= 0.3 is 0 Å². The van der Waals surface area contributed by atoms with Crippen molar-refractivity contribution in [1.82, 2.24) is 0 Å². The monoisotopic (exact) mass is 403 g/mol. The molecule has 1 heterocycles. The second kappa shape index (κ2) is 8.76. The van der Waals surface area contributed by atoms with Gasteiger partial charge in [0.05, 0.1) is 6.10 Å². The summed E-state index contributed by atoms with van der Waals surface area (Å²) in [6.45, 7) is 14.8. The lowest BCUT2D eigenvalue weighted by Gasteiger charge is -2.38. The van der Waals surface area contributed by atoms with Crippen molar-refractivity contribution >= 4 is 19.7 Å². The number of hydrogen-bond donors (Lipinski definition) is 2. The highest BCUT2D eigenvalue weighted by Crippen LogP contribution is 2.38. The highest BCUT2D eigenvalue weighted by atomic mass is 28.4. The predicted octanol–water partition coefficient (Wildman–Crippen LogP) is 5.22. The topological polar surface area (TPSA) is 50.5 Å². The molecule has 0 spiro atoms. The van der Waals surface area contributed by atoms with E-state index in [0.29, 0.717) is 12.1 Å². The summed E-state index contributed by atoms with van der Waals surface area (Å²) >= 11 is 0. The van der Waals surface area contributed by atoms with Crippen LogP contribution in [0.25, 0.3) is 0 Å². The largest absolute Gasteiger partial charge is 0.412 e. The fraction of sp³-hybridized carbons (Fsp3) is 0.739. The lowest BCUT2D eigenvalue weighted by atomic mass is 9.86. The third kappa shape index (κ3) is 5.52. The van der Waals surface area contributed by atoms with E-state index in [9.17, 15) is 0 Å². The Bertz CT molecular complexity index is 618. The molecule has 0 radical (unpaired) electrons. The van der Waals surface area contributed by atoms with Crippen molar-refractivity contribution < 1.29 is 4.43 Å². The van der Waals surface area contributed by atoms with Gasteiger partial charge in [0.25, 0.3) is 0 Å². The first-order chi connectivity index (χ1) is 13.1. The van der Waals surface area contributed by atoms with E-state index >= 15 is 0 Å². The molecule has 1 unspecified atom stereocenters. The minimum absolute atomic E-state index is 0.275. The highest BCUT2D eigenvalue weighted by molar-refractivity contribution is 6.74. The van der Waals surface area contributed by atoms with Crippen LogP contribution in [0.5, 0.6) is 0 Å². The SMILES string of the molecule is CC(C)(C)[Si](C)(C)OC1CCN(c2ccc(NCC3CCC(N)CC3)cc2)C1. The summed E-state index contributed by atoms with van der Waals surface area (Å²) in [4.78, 5) is 2.48. The zero-order valence-electron chi connectivity index (χ0n) is 18.6. The van der Waals surface area contributed by atoms with Gasteiger partial charge in [-0.3, -0.25) is 0 Å². The lowest BCUT2D eigenvalue weighted by Crippen LogP contribution is -2.44. The Hall–Kier alpha value is -1.04. The molecule has 2 aliphatic rings. The molecule has 0 amide bonds. The Balaban J connectivity index is 1.48. The van der Waals surface area contributed by atoms with Gasteiger partial charge in [0.15, 0.2) is 8.32 Å². The zero-order valence-corrected chi connectivity index (χ0v) is 19.6. The number of benzene rings is 1. The van der Waals surface area contributed by atoms with Crippen molar-refractivity contribution in [3.8, 4) is 0 Å². The van der Waals surface area contributed by atoms with Crippen LogP contribution in [0.4, 0.5) is 11.4 Å². The first-order valence-corrected chi connectivity index (χ1v) is 14.1. The molecule has 1 aromatic carbocycles. The van der Waals surface area contributed by atoms with Crippen molar-refractivity contribution in [2.75, 3.05) is 29.9 Å². The molecule has 1 saturated carbocycles. The Morgan fingerprint density at radius 1 is 1.07 bits per heavy atom. The van der Waals surface area contributed by atoms with Crippen LogP contribution in [0.3, 0.4) is 0 Å². The summed E-state index contributed by atoms with van der Waals surface area (Å²) in [6.07, 6.45) is 6.38. The van der Waals surface area contributed by atoms with Crippen LogP contribution >= 0.6 is 0 Å². The van der Waals surface area contributed by atoms with Crippen molar-refractivity contribution in [1.29, 1.82) is 0 Å². The molecule has 1 aliphatic heterocycles. The van der Waals surface area contributed by atoms with Crippen molar-refractivity contribution in [3.63, 3.8) is 0 Å². The fourth-order valence-corrected chi connectivity index (χ4v) is 5.48. The molecule has 4 nitrogen and oxygen atoms in total. The van der Waals surface area contributed by atoms with Crippen LogP contribution in [0.2, 0.25) is 18.1 Å². The van der Waals surface area contributed by atoms with Crippen molar-refractivity contribution in [2.24, 2.45) is 11.7 Å². The Morgan fingerprint density at radius 2 is 1.71 bits per heavy atom. The summed E-state index contributed by atoms with van der Waals surface area (Å²) in [6, 6.07) is 9.40. The van der Waals surface area contributed by atoms with E-state index in [4.69, 9.17) is 10.2 Å². The summed E-state index contributed by atoms with van der Waals surface area (Å²) in [5, 5.41) is 3.90. The molecule has 5 heteroatoms. The van der Waals surface area contributed by atoms with Gasteiger partial charge in [-0.15, -0.1) is 0 Å². The van der Waals surface area contributed by atoms with Crippen LogP contribution in [0, 0.1) is 5.92 Å². The normalized spacial score (nSPS) is 26.5. The Labute approximate surface area is 173 Å². The standard InChI is InChI=1S/C23H41N3OSi/c1-23(2,3)28(4,5)27-22-14-15-26(17-22)21-12-10-20(11-13-21)25-16-18-6-8-19(24)9-7-18/h10-13,18-19,22,25H,6-9,14-17,24H2,1-5H3. The van der Waals surface area contributed by atoms with E-state index in [-0.39, 0.29) is 5.04 Å². The smallest absolute Gasteiger partial charge is 0.192 e. The van der Waals surface area contributed by atoms with E-state index in [2.05, 4.69) is 68.3 Å². The van der Waals surface area contributed by atoms with E-state index in [0.717, 1.165) is 32.0 Å². The summed E-state index contributed by atoms with van der Waals surface area (Å²) in [5.74, 6) is 0.770. The van der Waals surface area contributed by atoms with Gasteiger partial charge in [-0.05, 0) is 80.4 Å². The molecule has 158 valence electrons. The number of rotatable bonds is 6. The highest BCUT2D eigenvalue weighted by Gasteiger charge is 2.40. The first-order valence-electron chi connectivity index (χ1n) is 11.2. The van der Waals surface area contributed by atoms with Crippen LogP contribution in [0.15, 0.2) is 24.3 Å². The molecule has 3 rings (SSSR count). The molecule has 0 aromatic heterocycles. The molecule has 1 aliphatic carbocycles. The van der Waals surface area contributed by atoms with Crippen LogP contribution < -0.4 is 16.0 Å². The van der Waals surface area contributed by atoms with Gasteiger partial charge in [0, 0.05) is 37.1 Å². The molecule has 28 heavy (non-hydrogen) atoms. The lowest BCUT2D eigenvalue weighted by molar-refractivity contribution is 0.202. The third-order valence-corrected chi connectivity index (χ3v) is 11.7. The molecule has 1 aromatic rings. The van der Waals surface area contributed by atoms with Gasteiger partial charge in [-0.2, -0.15) is 0 Å². The molecule has 2 fully saturated rings. The van der Waals surface area contributed by atoms with Gasteiger partial charge in [0.2, 0.25) is 0 Å². The quantitative estimate of drug-likeness (QED) is 0.640. The number of hydrogen-bond acceptors (Lipinski definition) is 4. The zero-order chi connectivity index (χ0) is 20.4. The maximum Gasteiger partial charge on any atom is 0.192 e. The minimum atomic E-state index is -1.69. The maximum absolute atomic E-state index is 6.63. The van der Waals surface area contributed by atoms with Gasteiger partial charge in [-0.1, -0.05) is 20.8 Å². The van der Waals surface area contributed by atoms with Gasteiger partial charge in [0.1, 0.15) is 0 Å². The number of anilines is 2. The molecular weight excluding hydrogens is 362 g/mol. The number of nitrogens with two attached hydrogens (primary N) is 1. The number of nitrogens with zero attached hydrogens (tertiary/aromatic N) is 1. The fourth-order valence-electron chi connectivity index (χ4n) is 4.10. The molecule has 1 atom stereocenters. The predicted molar refractivity (Wildman–Crippen MR) is 124 cm³/mol. The summed E-state index contributed by atoms with van der Waals surface area (Å²) in [5.41, 5.74) is 8.56. The van der Waals surface area contributed by atoms with Crippen molar-refractivity contribution in [2.45, 2.75) is 83.2 Å². The second-order valence-corrected chi connectivity index (χ2v) is 15.2. The van der Waals surface area contributed by atoms with E-state index in [1.807, 2.05) is 0 Å². The summed E-state index contributed by atoms with van der Waals surface area (Å²) < 4.78 is 6.63. The average Bonchev–Trinajstić information content (AvgIpc) is 3.08. The first kappa shape index (κ1) is 21.7.